The average Bonchev–Trinajstić information content (AvgIpc) is 2.14. The van der Waals surface area contributed by atoms with Crippen LogP contribution in [0.25, 0.3) is 0 Å². The van der Waals surface area contributed by atoms with Gasteiger partial charge in [0.2, 0.25) is 0 Å². The van der Waals surface area contributed by atoms with Gasteiger partial charge in [-0.15, -0.1) is 6.58 Å². The van der Waals surface area contributed by atoms with Crippen LogP contribution in [-0.2, 0) is 0 Å². The Hall–Kier alpha value is -0.300. The standard InChI is InChI=1S/C12H25N/c1-5-9-11(10-6-2)12(7-3)13-8-4/h7,11-13H,3,5-6,8-10H2,1-2,4H3. The van der Waals surface area contributed by atoms with Gasteiger partial charge in [0.05, 0.1) is 0 Å². The van der Waals surface area contributed by atoms with E-state index in [1.54, 1.807) is 0 Å². The van der Waals surface area contributed by atoms with Crippen LogP contribution in [0, 0.1) is 5.92 Å². The van der Waals surface area contributed by atoms with Crippen molar-refractivity contribution in [3.05, 3.63) is 12.7 Å². The number of rotatable bonds is 8. The molecule has 1 unspecified atom stereocenters. The fourth-order valence-electron chi connectivity index (χ4n) is 1.92. The third-order valence-electron chi connectivity index (χ3n) is 2.52. The first-order valence-corrected chi connectivity index (χ1v) is 5.65. The molecule has 0 aromatic rings. The van der Waals surface area contributed by atoms with Gasteiger partial charge < -0.3 is 5.32 Å². The largest absolute Gasteiger partial charge is 0.311 e. The zero-order valence-corrected chi connectivity index (χ0v) is 9.47. The Labute approximate surface area is 83.6 Å². The van der Waals surface area contributed by atoms with Crippen LogP contribution in [-0.4, -0.2) is 12.6 Å². The molecule has 0 aliphatic rings. The van der Waals surface area contributed by atoms with Gasteiger partial charge in [0.1, 0.15) is 0 Å². The molecule has 0 aliphatic heterocycles. The van der Waals surface area contributed by atoms with Crippen molar-refractivity contribution in [2.45, 2.75) is 52.5 Å². The van der Waals surface area contributed by atoms with Crippen LogP contribution in [0.1, 0.15) is 46.5 Å². The smallest absolute Gasteiger partial charge is 0.0275 e. The summed E-state index contributed by atoms with van der Waals surface area (Å²) in [5.41, 5.74) is 0. The Morgan fingerprint density at radius 1 is 1.15 bits per heavy atom. The highest BCUT2D eigenvalue weighted by Crippen LogP contribution is 2.18. The summed E-state index contributed by atoms with van der Waals surface area (Å²) in [6, 6.07) is 0.518. The maximum Gasteiger partial charge on any atom is 0.0275 e. The Kier molecular flexibility index (Phi) is 8.11. The van der Waals surface area contributed by atoms with Crippen LogP contribution >= 0.6 is 0 Å². The van der Waals surface area contributed by atoms with Crippen molar-refractivity contribution in [3.8, 4) is 0 Å². The van der Waals surface area contributed by atoms with Gasteiger partial charge in [0, 0.05) is 6.04 Å². The van der Waals surface area contributed by atoms with Crippen LogP contribution < -0.4 is 5.32 Å². The molecule has 13 heavy (non-hydrogen) atoms. The lowest BCUT2D eigenvalue weighted by Crippen LogP contribution is -2.34. The molecule has 0 rings (SSSR count). The summed E-state index contributed by atoms with van der Waals surface area (Å²) in [6.45, 7) is 11.6. The van der Waals surface area contributed by atoms with Gasteiger partial charge in [0.25, 0.3) is 0 Å². The molecule has 0 bridgehead atoms. The molecule has 0 aliphatic carbocycles. The Morgan fingerprint density at radius 3 is 2.00 bits per heavy atom. The van der Waals surface area contributed by atoms with Crippen LogP contribution in [0.2, 0.25) is 0 Å². The van der Waals surface area contributed by atoms with Gasteiger partial charge in [-0.1, -0.05) is 39.7 Å². The Bertz CT molecular complexity index is 114. The molecule has 1 heteroatoms. The van der Waals surface area contributed by atoms with E-state index in [0.29, 0.717) is 6.04 Å². The van der Waals surface area contributed by atoms with Gasteiger partial charge in [-0.3, -0.25) is 0 Å². The zero-order valence-electron chi connectivity index (χ0n) is 9.47. The minimum absolute atomic E-state index is 0.518. The second-order valence-electron chi connectivity index (χ2n) is 3.66. The van der Waals surface area contributed by atoms with E-state index in [1.807, 2.05) is 0 Å². The highest BCUT2D eigenvalue weighted by molar-refractivity contribution is 4.90. The Morgan fingerprint density at radius 2 is 1.69 bits per heavy atom. The normalized spacial score (nSPS) is 13.2. The molecule has 78 valence electrons. The predicted octanol–water partition coefficient (Wildman–Crippen LogP) is 3.37. The highest BCUT2D eigenvalue weighted by Gasteiger charge is 2.15. The van der Waals surface area contributed by atoms with Crippen molar-refractivity contribution < 1.29 is 0 Å². The van der Waals surface area contributed by atoms with Crippen LogP contribution in [0.5, 0.6) is 0 Å². The fourth-order valence-corrected chi connectivity index (χ4v) is 1.92. The molecule has 0 amide bonds. The summed E-state index contributed by atoms with van der Waals surface area (Å²) in [6.07, 6.45) is 7.26. The second kappa shape index (κ2) is 8.31. The molecule has 0 radical (unpaired) electrons. The van der Waals surface area contributed by atoms with Crippen molar-refractivity contribution in [2.24, 2.45) is 5.92 Å². The number of hydrogen-bond acceptors (Lipinski definition) is 1. The van der Waals surface area contributed by atoms with Gasteiger partial charge >= 0.3 is 0 Å². The maximum atomic E-state index is 3.90. The highest BCUT2D eigenvalue weighted by atomic mass is 14.9. The van der Waals surface area contributed by atoms with E-state index in [-0.39, 0.29) is 0 Å². The van der Waals surface area contributed by atoms with Crippen molar-refractivity contribution >= 4 is 0 Å². The van der Waals surface area contributed by atoms with Crippen LogP contribution in [0.15, 0.2) is 12.7 Å². The summed E-state index contributed by atoms with van der Waals surface area (Å²) in [5.74, 6) is 0.785. The van der Waals surface area contributed by atoms with E-state index in [9.17, 15) is 0 Å². The molecular weight excluding hydrogens is 158 g/mol. The quantitative estimate of drug-likeness (QED) is 0.569. The summed E-state index contributed by atoms with van der Waals surface area (Å²) < 4.78 is 0. The first-order valence-electron chi connectivity index (χ1n) is 5.65. The molecular formula is C12H25N. The van der Waals surface area contributed by atoms with E-state index in [2.05, 4.69) is 38.7 Å². The van der Waals surface area contributed by atoms with Gasteiger partial charge in [-0.25, -0.2) is 0 Å². The summed E-state index contributed by atoms with van der Waals surface area (Å²) in [7, 11) is 0. The monoisotopic (exact) mass is 183 g/mol. The number of likely N-dealkylation sites (N-methyl/N-ethyl adjacent to an activating group) is 1. The first kappa shape index (κ1) is 12.7. The molecule has 0 spiro atoms. The van der Waals surface area contributed by atoms with E-state index >= 15 is 0 Å². The van der Waals surface area contributed by atoms with E-state index in [0.717, 1.165) is 12.5 Å². The molecule has 0 fully saturated rings. The third kappa shape index (κ3) is 5.09. The number of hydrogen-bond donors (Lipinski definition) is 1. The molecule has 0 saturated carbocycles. The molecule has 0 aromatic heterocycles. The van der Waals surface area contributed by atoms with Crippen molar-refractivity contribution in [1.29, 1.82) is 0 Å². The summed E-state index contributed by atoms with van der Waals surface area (Å²) in [5, 5.41) is 3.48. The fraction of sp³-hybridized carbons (Fsp3) is 0.833. The minimum Gasteiger partial charge on any atom is -0.311 e. The zero-order chi connectivity index (χ0) is 10.1. The SMILES string of the molecule is C=CC(NCC)C(CCC)CCC. The predicted molar refractivity (Wildman–Crippen MR) is 61.0 cm³/mol. The molecule has 0 aromatic carbocycles. The maximum absolute atomic E-state index is 3.90. The third-order valence-corrected chi connectivity index (χ3v) is 2.52. The topological polar surface area (TPSA) is 12.0 Å². The van der Waals surface area contributed by atoms with Crippen molar-refractivity contribution in [3.63, 3.8) is 0 Å². The Balaban J connectivity index is 4.02. The van der Waals surface area contributed by atoms with E-state index in [4.69, 9.17) is 0 Å². The lowest BCUT2D eigenvalue weighted by atomic mass is 9.90. The number of nitrogens with one attached hydrogen (secondary N) is 1. The van der Waals surface area contributed by atoms with Crippen molar-refractivity contribution in [2.75, 3.05) is 6.54 Å². The van der Waals surface area contributed by atoms with E-state index < -0.39 is 0 Å². The molecule has 0 heterocycles. The van der Waals surface area contributed by atoms with E-state index in [1.165, 1.54) is 25.7 Å². The molecule has 1 N–H and O–H groups in total. The lowest BCUT2D eigenvalue weighted by Gasteiger charge is -2.24. The van der Waals surface area contributed by atoms with Crippen LogP contribution in [0.3, 0.4) is 0 Å². The lowest BCUT2D eigenvalue weighted by molar-refractivity contribution is 0.358. The summed E-state index contributed by atoms with van der Waals surface area (Å²) in [4.78, 5) is 0. The molecule has 1 nitrogen and oxygen atoms in total. The minimum atomic E-state index is 0.518. The molecule has 0 saturated heterocycles. The van der Waals surface area contributed by atoms with Gasteiger partial charge in [-0.05, 0) is 25.3 Å². The van der Waals surface area contributed by atoms with Crippen molar-refractivity contribution in [1.82, 2.24) is 5.32 Å². The van der Waals surface area contributed by atoms with Gasteiger partial charge in [-0.2, -0.15) is 0 Å². The molecule has 1 atom stereocenters. The summed E-state index contributed by atoms with van der Waals surface area (Å²) >= 11 is 0. The van der Waals surface area contributed by atoms with Crippen LogP contribution in [0.4, 0.5) is 0 Å². The average molecular weight is 183 g/mol. The van der Waals surface area contributed by atoms with Gasteiger partial charge in [0.15, 0.2) is 0 Å². The second-order valence-corrected chi connectivity index (χ2v) is 3.66. The first-order chi connectivity index (χ1) is 6.29.